The van der Waals surface area contributed by atoms with Crippen molar-refractivity contribution in [1.29, 1.82) is 0 Å². The molecular weight excluding hydrogens is 246 g/mol. The second kappa shape index (κ2) is 5.31. The molecule has 0 radical (unpaired) electrons. The summed E-state index contributed by atoms with van der Waals surface area (Å²) >= 11 is 5.73. The van der Waals surface area contributed by atoms with E-state index in [2.05, 4.69) is 19.2 Å². The molecular formula is C15H20ClNO. The molecule has 1 amide bonds. The number of carbonyl (C=O) groups excluding carboxylic acids is 1. The largest absolute Gasteiger partial charge is 0.349 e. The Morgan fingerprint density at radius 3 is 2.56 bits per heavy atom. The highest BCUT2D eigenvalue weighted by Crippen LogP contribution is 2.37. The van der Waals surface area contributed by atoms with E-state index in [1.165, 1.54) is 12.8 Å². The Balaban J connectivity index is 2.03. The Hall–Kier alpha value is -1.02. The van der Waals surface area contributed by atoms with Crippen LogP contribution < -0.4 is 5.32 Å². The van der Waals surface area contributed by atoms with Gasteiger partial charge in [-0.25, -0.2) is 0 Å². The first-order chi connectivity index (χ1) is 8.53. The molecule has 1 atom stereocenters. The molecule has 1 saturated carbocycles. The number of alkyl halides is 1. The van der Waals surface area contributed by atoms with Gasteiger partial charge in [0.05, 0.1) is 0 Å². The maximum atomic E-state index is 12.1. The number of amides is 1. The van der Waals surface area contributed by atoms with Gasteiger partial charge < -0.3 is 5.32 Å². The number of carbonyl (C=O) groups is 1. The van der Waals surface area contributed by atoms with Crippen LogP contribution in [0.25, 0.3) is 0 Å². The van der Waals surface area contributed by atoms with Crippen LogP contribution in [0.5, 0.6) is 0 Å². The standard InChI is InChI=1S/C15H20ClNO/c1-15(2)9-3-4-13(15)17-14(18)12-7-5-11(10-16)6-8-12/h5-8,13H,3-4,9-10H2,1-2H3,(H,17,18). The maximum Gasteiger partial charge on any atom is 0.251 e. The molecule has 0 aromatic heterocycles. The van der Waals surface area contributed by atoms with Crippen molar-refractivity contribution in [3.63, 3.8) is 0 Å². The average Bonchev–Trinajstić information content (AvgIpc) is 2.69. The molecule has 1 aliphatic carbocycles. The minimum atomic E-state index is 0.0242. The fourth-order valence-corrected chi connectivity index (χ4v) is 2.76. The number of halogens is 1. The lowest BCUT2D eigenvalue weighted by Crippen LogP contribution is -2.41. The van der Waals surface area contributed by atoms with E-state index in [0.29, 0.717) is 11.4 Å². The minimum absolute atomic E-state index is 0.0242. The van der Waals surface area contributed by atoms with Crippen molar-refractivity contribution >= 4 is 17.5 Å². The van der Waals surface area contributed by atoms with Gasteiger partial charge in [0.2, 0.25) is 0 Å². The Kier molecular flexibility index (Phi) is 3.96. The maximum absolute atomic E-state index is 12.1. The van der Waals surface area contributed by atoms with Gasteiger partial charge in [-0.3, -0.25) is 4.79 Å². The Labute approximate surface area is 114 Å². The summed E-state index contributed by atoms with van der Waals surface area (Å²) in [5, 5.41) is 3.15. The van der Waals surface area contributed by atoms with E-state index in [1.807, 2.05) is 24.3 Å². The molecule has 3 heteroatoms. The van der Waals surface area contributed by atoms with E-state index >= 15 is 0 Å². The van der Waals surface area contributed by atoms with Crippen molar-refractivity contribution in [2.75, 3.05) is 0 Å². The molecule has 18 heavy (non-hydrogen) atoms. The van der Waals surface area contributed by atoms with Gasteiger partial charge in [-0.2, -0.15) is 0 Å². The van der Waals surface area contributed by atoms with E-state index in [4.69, 9.17) is 11.6 Å². The summed E-state index contributed by atoms with van der Waals surface area (Å²) in [5.41, 5.74) is 1.96. The summed E-state index contributed by atoms with van der Waals surface area (Å²) in [6.45, 7) is 4.45. The summed E-state index contributed by atoms with van der Waals surface area (Å²) in [5.74, 6) is 0.508. The first-order valence-corrected chi connectivity index (χ1v) is 7.02. The van der Waals surface area contributed by atoms with Crippen molar-refractivity contribution in [1.82, 2.24) is 5.32 Å². The molecule has 1 aromatic carbocycles. The molecule has 1 fully saturated rings. The summed E-state index contributed by atoms with van der Waals surface area (Å²) in [7, 11) is 0. The van der Waals surface area contributed by atoms with Crippen molar-refractivity contribution in [2.45, 2.75) is 45.0 Å². The van der Waals surface area contributed by atoms with Gasteiger partial charge in [-0.1, -0.05) is 32.4 Å². The molecule has 0 heterocycles. The average molecular weight is 266 g/mol. The topological polar surface area (TPSA) is 29.1 Å². The third-order valence-corrected chi connectivity index (χ3v) is 4.24. The number of nitrogens with one attached hydrogen (secondary N) is 1. The van der Waals surface area contributed by atoms with Crippen LogP contribution in [0.3, 0.4) is 0 Å². The monoisotopic (exact) mass is 265 g/mol. The number of rotatable bonds is 3. The van der Waals surface area contributed by atoms with Crippen LogP contribution in [0.4, 0.5) is 0 Å². The first-order valence-electron chi connectivity index (χ1n) is 6.49. The molecule has 2 nitrogen and oxygen atoms in total. The quantitative estimate of drug-likeness (QED) is 0.829. The van der Waals surface area contributed by atoms with Gasteiger partial charge >= 0.3 is 0 Å². The van der Waals surface area contributed by atoms with Crippen LogP contribution in [0.15, 0.2) is 24.3 Å². The Bertz CT molecular complexity index is 425. The van der Waals surface area contributed by atoms with Crippen LogP contribution >= 0.6 is 11.6 Å². The molecule has 0 aliphatic heterocycles. The van der Waals surface area contributed by atoms with Gasteiger partial charge in [0.1, 0.15) is 0 Å². The number of hydrogen-bond donors (Lipinski definition) is 1. The van der Waals surface area contributed by atoms with Crippen molar-refractivity contribution < 1.29 is 4.79 Å². The molecule has 2 rings (SSSR count). The molecule has 1 aliphatic rings. The molecule has 0 spiro atoms. The summed E-state index contributed by atoms with van der Waals surface area (Å²) in [6, 6.07) is 7.78. The highest BCUT2D eigenvalue weighted by Gasteiger charge is 2.35. The summed E-state index contributed by atoms with van der Waals surface area (Å²) in [6.07, 6.45) is 3.46. The van der Waals surface area contributed by atoms with E-state index in [9.17, 15) is 4.79 Å². The van der Waals surface area contributed by atoms with E-state index < -0.39 is 0 Å². The fraction of sp³-hybridized carbons (Fsp3) is 0.533. The van der Waals surface area contributed by atoms with Crippen molar-refractivity contribution in [3.05, 3.63) is 35.4 Å². The van der Waals surface area contributed by atoms with Crippen LogP contribution in [0.1, 0.15) is 49.0 Å². The minimum Gasteiger partial charge on any atom is -0.349 e. The Morgan fingerprint density at radius 1 is 1.39 bits per heavy atom. The Morgan fingerprint density at radius 2 is 2.06 bits per heavy atom. The van der Waals surface area contributed by atoms with Crippen LogP contribution in [-0.4, -0.2) is 11.9 Å². The van der Waals surface area contributed by atoms with E-state index in [1.54, 1.807) is 0 Å². The van der Waals surface area contributed by atoms with Gasteiger partial charge in [-0.05, 0) is 36.0 Å². The zero-order chi connectivity index (χ0) is 13.2. The highest BCUT2D eigenvalue weighted by atomic mass is 35.5. The first kappa shape index (κ1) is 13.4. The lowest BCUT2D eigenvalue weighted by molar-refractivity contribution is 0.0910. The third-order valence-electron chi connectivity index (χ3n) is 3.93. The summed E-state index contributed by atoms with van der Waals surface area (Å²) < 4.78 is 0. The normalized spacial score (nSPS) is 21.8. The fourth-order valence-electron chi connectivity index (χ4n) is 2.58. The van der Waals surface area contributed by atoms with Crippen LogP contribution in [0, 0.1) is 5.41 Å². The molecule has 0 bridgehead atoms. The molecule has 98 valence electrons. The highest BCUT2D eigenvalue weighted by molar-refractivity contribution is 6.17. The SMILES string of the molecule is CC1(C)CCCC1NC(=O)c1ccc(CCl)cc1. The third kappa shape index (κ3) is 2.86. The molecule has 1 aromatic rings. The van der Waals surface area contributed by atoms with E-state index in [0.717, 1.165) is 12.0 Å². The lowest BCUT2D eigenvalue weighted by Gasteiger charge is -2.27. The van der Waals surface area contributed by atoms with Crippen LogP contribution in [0.2, 0.25) is 0 Å². The van der Waals surface area contributed by atoms with Gasteiger partial charge in [0.25, 0.3) is 5.91 Å². The number of hydrogen-bond acceptors (Lipinski definition) is 1. The smallest absolute Gasteiger partial charge is 0.251 e. The zero-order valence-corrected chi connectivity index (χ0v) is 11.8. The molecule has 1 N–H and O–H groups in total. The van der Waals surface area contributed by atoms with Crippen LogP contribution in [-0.2, 0) is 5.88 Å². The summed E-state index contributed by atoms with van der Waals surface area (Å²) in [4.78, 5) is 12.1. The molecule has 1 unspecified atom stereocenters. The predicted octanol–water partition coefficient (Wildman–Crippen LogP) is 3.73. The van der Waals surface area contributed by atoms with Gasteiger partial charge in [0.15, 0.2) is 0 Å². The second-order valence-corrected chi connectivity index (χ2v) is 6.00. The molecule has 0 saturated heterocycles. The number of benzene rings is 1. The van der Waals surface area contributed by atoms with Gasteiger partial charge in [-0.15, -0.1) is 11.6 Å². The predicted molar refractivity (Wildman–Crippen MR) is 74.9 cm³/mol. The lowest BCUT2D eigenvalue weighted by atomic mass is 9.87. The van der Waals surface area contributed by atoms with Gasteiger partial charge in [0, 0.05) is 17.5 Å². The van der Waals surface area contributed by atoms with Crippen molar-refractivity contribution in [2.24, 2.45) is 5.41 Å². The van der Waals surface area contributed by atoms with E-state index in [-0.39, 0.29) is 17.4 Å². The zero-order valence-electron chi connectivity index (χ0n) is 11.0. The van der Waals surface area contributed by atoms with Crippen molar-refractivity contribution in [3.8, 4) is 0 Å². The second-order valence-electron chi connectivity index (χ2n) is 5.74.